The summed E-state index contributed by atoms with van der Waals surface area (Å²) in [5.74, 6) is 1.68. The Balaban J connectivity index is 0.00000128. The van der Waals surface area contributed by atoms with Crippen LogP contribution >= 0.6 is 12.4 Å². The van der Waals surface area contributed by atoms with E-state index in [0.717, 1.165) is 12.3 Å². The molecule has 0 spiro atoms. The second-order valence-electron chi connectivity index (χ2n) is 4.34. The van der Waals surface area contributed by atoms with Crippen molar-refractivity contribution in [3.05, 3.63) is 29.8 Å². The van der Waals surface area contributed by atoms with Crippen molar-refractivity contribution in [3.8, 4) is 5.75 Å². The highest BCUT2D eigenvalue weighted by molar-refractivity contribution is 5.85. The molecule has 1 aliphatic heterocycles. The summed E-state index contributed by atoms with van der Waals surface area (Å²) in [5, 5.41) is 0. The number of piperidine rings is 1. The van der Waals surface area contributed by atoms with E-state index in [1.54, 1.807) is 7.11 Å². The van der Waals surface area contributed by atoms with Crippen molar-refractivity contribution in [1.29, 1.82) is 0 Å². The van der Waals surface area contributed by atoms with Crippen molar-refractivity contribution in [3.63, 3.8) is 0 Å². The number of rotatable bonds is 2. The second-order valence-corrected chi connectivity index (χ2v) is 4.34. The Labute approximate surface area is 104 Å². The zero-order valence-corrected chi connectivity index (χ0v) is 10.8. The number of hydrogen-bond acceptors (Lipinski definition) is 2. The van der Waals surface area contributed by atoms with Gasteiger partial charge in [-0.05, 0) is 38.1 Å². The van der Waals surface area contributed by atoms with Crippen LogP contribution < -0.4 is 4.74 Å². The highest BCUT2D eigenvalue weighted by Gasteiger charge is 2.21. The average molecular weight is 242 g/mol. The molecule has 0 amide bonds. The van der Waals surface area contributed by atoms with E-state index >= 15 is 0 Å². The lowest BCUT2D eigenvalue weighted by Crippen LogP contribution is -2.30. The third-order valence-corrected chi connectivity index (χ3v) is 3.20. The molecule has 0 N–H and O–H groups in total. The number of methoxy groups -OCH3 is 1. The predicted molar refractivity (Wildman–Crippen MR) is 69.7 cm³/mol. The third-order valence-electron chi connectivity index (χ3n) is 3.20. The van der Waals surface area contributed by atoms with Crippen LogP contribution in [0.1, 0.15) is 24.3 Å². The highest BCUT2D eigenvalue weighted by atomic mass is 35.5. The topological polar surface area (TPSA) is 12.5 Å². The monoisotopic (exact) mass is 241 g/mol. The van der Waals surface area contributed by atoms with Gasteiger partial charge in [0.05, 0.1) is 7.11 Å². The molecule has 1 saturated heterocycles. The summed E-state index contributed by atoms with van der Waals surface area (Å²) in [6.07, 6.45) is 2.57. The van der Waals surface area contributed by atoms with Crippen LogP contribution in [0.3, 0.4) is 0 Å². The van der Waals surface area contributed by atoms with E-state index in [1.807, 2.05) is 6.07 Å². The van der Waals surface area contributed by atoms with E-state index in [-0.39, 0.29) is 12.4 Å². The zero-order chi connectivity index (χ0) is 10.7. The van der Waals surface area contributed by atoms with Gasteiger partial charge in [-0.1, -0.05) is 18.2 Å². The fraction of sp³-hybridized carbons (Fsp3) is 0.538. The minimum Gasteiger partial charge on any atom is -0.496 e. The van der Waals surface area contributed by atoms with E-state index in [4.69, 9.17) is 4.74 Å². The standard InChI is InChI=1S/C13H19NO.ClH/c1-14-9-5-6-11(10-14)12-7-3-4-8-13(12)15-2;/h3-4,7-8,11H,5-6,9-10H2,1-2H3;1H. The Morgan fingerprint density at radius 3 is 2.75 bits per heavy atom. The maximum Gasteiger partial charge on any atom is 0.122 e. The molecule has 0 bridgehead atoms. The summed E-state index contributed by atoms with van der Waals surface area (Å²) in [6.45, 7) is 2.38. The maximum atomic E-state index is 5.42. The SMILES string of the molecule is COc1ccccc1C1CCCN(C)C1.Cl. The van der Waals surface area contributed by atoms with Crippen molar-refractivity contribution in [2.45, 2.75) is 18.8 Å². The predicted octanol–water partition coefficient (Wildman–Crippen LogP) is 2.93. The van der Waals surface area contributed by atoms with Crippen molar-refractivity contribution < 1.29 is 4.74 Å². The molecule has 2 nitrogen and oxygen atoms in total. The van der Waals surface area contributed by atoms with Gasteiger partial charge < -0.3 is 9.64 Å². The van der Waals surface area contributed by atoms with Gasteiger partial charge in [0.2, 0.25) is 0 Å². The molecule has 1 aromatic rings. The summed E-state index contributed by atoms with van der Waals surface area (Å²) in [6, 6.07) is 8.40. The van der Waals surface area contributed by atoms with Crippen LogP contribution in [0.4, 0.5) is 0 Å². The number of nitrogens with zero attached hydrogens (tertiary/aromatic N) is 1. The lowest BCUT2D eigenvalue weighted by atomic mass is 9.90. The van der Waals surface area contributed by atoms with Crippen LogP contribution in [0.5, 0.6) is 5.75 Å². The van der Waals surface area contributed by atoms with Crippen molar-refractivity contribution in [1.82, 2.24) is 4.90 Å². The van der Waals surface area contributed by atoms with E-state index in [2.05, 4.69) is 30.1 Å². The maximum absolute atomic E-state index is 5.42. The van der Waals surface area contributed by atoms with E-state index in [1.165, 1.54) is 24.9 Å². The lowest BCUT2D eigenvalue weighted by molar-refractivity contribution is 0.247. The Morgan fingerprint density at radius 2 is 2.06 bits per heavy atom. The molecule has 0 aliphatic carbocycles. The molecule has 1 heterocycles. The molecule has 90 valence electrons. The van der Waals surface area contributed by atoms with Gasteiger partial charge in [0.1, 0.15) is 5.75 Å². The molecule has 0 radical (unpaired) electrons. The van der Waals surface area contributed by atoms with Crippen LogP contribution in [0.25, 0.3) is 0 Å². The highest BCUT2D eigenvalue weighted by Crippen LogP contribution is 2.32. The van der Waals surface area contributed by atoms with E-state index in [9.17, 15) is 0 Å². The molecule has 1 aromatic carbocycles. The number of ether oxygens (including phenoxy) is 1. The lowest BCUT2D eigenvalue weighted by Gasteiger charge is -2.30. The summed E-state index contributed by atoms with van der Waals surface area (Å²) in [5.41, 5.74) is 1.37. The molecule has 0 aromatic heterocycles. The molecule has 1 aliphatic rings. The normalized spacial score (nSPS) is 21.2. The molecular formula is C13H20ClNO. The van der Waals surface area contributed by atoms with Crippen LogP contribution in [0.2, 0.25) is 0 Å². The van der Waals surface area contributed by atoms with Gasteiger partial charge in [0.25, 0.3) is 0 Å². The van der Waals surface area contributed by atoms with Crippen LogP contribution in [-0.4, -0.2) is 32.1 Å². The average Bonchev–Trinajstić information content (AvgIpc) is 2.29. The molecule has 1 atom stereocenters. The zero-order valence-electron chi connectivity index (χ0n) is 9.98. The fourth-order valence-corrected chi connectivity index (χ4v) is 2.42. The number of hydrogen-bond donors (Lipinski definition) is 0. The number of likely N-dealkylation sites (tertiary alicyclic amines) is 1. The Bertz CT molecular complexity index is 329. The number of para-hydroxylation sites is 1. The van der Waals surface area contributed by atoms with Crippen molar-refractivity contribution >= 4 is 12.4 Å². The van der Waals surface area contributed by atoms with Crippen LogP contribution in [0.15, 0.2) is 24.3 Å². The van der Waals surface area contributed by atoms with Gasteiger partial charge >= 0.3 is 0 Å². The van der Waals surface area contributed by atoms with Crippen LogP contribution in [0, 0.1) is 0 Å². The van der Waals surface area contributed by atoms with E-state index < -0.39 is 0 Å². The minimum absolute atomic E-state index is 0. The summed E-state index contributed by atoms with van der Waals surface area (Å²) < 4.78 is 5.42. The first-order valence-corrected chi connectivity index (χ1v) is 5.62. The van der Waals surface area contributed by atoms with Gasteiger partial charge in [0, 0.05) is 12.5 Å². The fourth-order valence-electron chi connectivity index (χ4n) is 2.42. The van der Waals surface area contributed by atoms with Gasteiger partial charge in [-0.15, -0.1) is 12.4 Å². The smallest absolute Gasteiger partial charge is 0.122 e. The largest absolute Gasteiger partial charge is 0.496 e. The first kappa shape index (κ1) is 13.3. The van der Waals surface area contributed by atoms with Crippen molar-refractivity contribution in [2.24, 2.45) is 0 Å². The molecule has 1 fully saturated rings. The molecule has 16 heavy (non-hydrogen) atoms. The molecule has 1 unspecified atom stereocenters. The minimum atomic E-state index is 0. The molecular weight excluding hydrogens is 222 g/mol. The van der Waals surface area contributed by atoms with Gasteiger partial charge in [-0.3, -0.25) is 0 Å². The van der Waals surface area contributed by atoms with Gasteiger partial charge in [-0.25, -0.2) is 0 Å². The quantitative estimate of drug-likeness (QED) is 0.790. The third kappa shape index (κ3) is 2.89. The number of likely N-dealkylation sites (N-methyl/N-ethyl adjacent to an activating group) is 1. The Hall–Kier alpha value is -0.730. The number of halogens is 1. The van der Waals surface area contributed by atoms with Gasteiger partial charge in [0.15, 0.2) is 0 Å². The summed E-state index contributed by atoms with van der Waals surface area (Å²) in [4.78, 5) is 2.40. The summed E-state index contributed by atoms with van der Waals surface area (Å²) >= 11 is 0. The number of benzene rings is 1. The summed E-state index contributed by atoms with van der Waals surface area (Å²) in [7, 11) is 3.95. The Morgan fingerprint density at radius 1 is 1.31 bits per heavy atom. The Kier molecular flexibility index (Phi) is 5.10. The molecule has 3 heteroatoms. The molecule has 0 saturated carbocycles. The first-order chi connectivity index (χ1) is 7.31. The van der Waals surface area contributed by atoms with Crippen molar-refractivity contribution in [2.75, 3.05) is 27.2 Å². The van der Waals surface area contributed by atoms with E-state index in [0.29, 0.717) is 5.92 Å². The van der Waals surface area contributed by atoms with Gasteiger partial charge in [-0.2, -0.15) is 0 Å². The molecule has 2 rings (SSSR count). The first-order valence-electron chi connectivity index (χ1n) is 5.62. The van der Waals surface area contributed by atoms with Crippen LogP contribution in [-0.2, 0) is 0 Å². The second kappa shape index (κ2) is 6.12.